The monoisotopic (exact) mass is 484 g/mol. The number of anilines is 1. The Kier molecular flexibility index (Phi) is 6.40. The van der Waals surface area contributed by atoms with Crippen LogP contribution in [0, 0.1) is 0 Å². The van der Waals surface area contributed by atoms with Crippen LogP contribution in [-0.4, -0.2) is 30.4 Å². The minimum absolute atomic E-state index is 0.0700. The smallest absolute Gasteiger partial charge is 0.279 e. The third-order valence-corrected chi connectivity index (χ3v) is 5.46. The zero-order chi connectivity index (χ0) is 23.4. The Morgan fingerprint density at radius 3 is 2.30 bits per heavy atom. The van der Waals surface area contributed by atoms with Gasteiger partial charge in [-0.1, -0.05) is 41.9 Å². The van der Waals surface area contributed by atoms with Crippen LogP contribution >= 0.6 is 11.6 Å². The molecule has 0 aliphatic heterocycles. The van der Waals surface area contributed by atoms with E-state index in [0.29, 0.717) is 16.8 Å². The van der Waals surface area contributed by atoms with Crippen LogP contribution in [0.2, 0.25) is 0 Å². The summed E-state index contributed by atoms with van der Waals surface area (Å²) in [4.78, 5) is 21.8. The predicted molar refractivity (Wildman–Crippen MR) is 123 cm³/mol. The molecule has 1 heterocycles. The Bertz CT molecular complexity index is 1450. The van der Waals surface area contributed by atoms with Gasteiger partial charge in [-0.3, -0.25) is 4.79 Å². The lowest BCUT2D eigenvalue weighted by Gasteiger charge is -2.13. The van der Waals surface area contributed by atoms with Crippen LogP contribution in [0.3, 0.4) is 0 Å². The van der Waals surface area contributed by atoms with E-state index in [1.165, 1.54) is 24.3 Å². The van der Waals surface area contributed by atoms with Gasteiger partial charge in [0.15, 0.2) is 23.3 Å². The maximum absolute atomic E-state index is 13.1. The van der Waals surface area contributed by atoms with E-state index in [2.05, 4.69) is 15.3 Å². The van der Waals surface area contributed by atoms with Crippen LogP contribution in [0.25, 0.3) is 11.0 Å². The number of amides is 1. The molecule has 0 aliphatic rings. The molecule has 11 heteroatoms. The average molecular weight is 485 g/mol. The molecule has 0 atom stereocenters. The van der Waals surface area contributed by atoms with Crippen molar-refractivity contribution in [1.29, 1.82) is 0 Å². The molecule has 3 aromatic carbocycles. The molecule has 0 saturated carbocycles. The molecule has 0 unspecified atom stereocenters. The first kappa shape index (κ1) is 22.5. The minimum atomic E-state index is -3.94. The van der Waals surface area contributed by atoms with E-state index in [0.717, 1.165) is 0 Å². The summed E-state index contributed by atoms with van der Waals surface area (Å²) in [6.45, 7) is 0. The highest BCUT2D eigenvalue weighted by Crippen LogP contribution is 2.33. The van der Waals surface area contributed by atoms with Crippen LogP contribution in [-0.2, 0) is 10.0 Å². The normalized spacial score (nSPS) is 11.2. The van der Waals surface area contributed by atoms with Crippen LogP contribution < -0.4 is 19.9 Å². The Morgan fingerprint density at radius 1 is 0.939 bits per heavy atom. The van der Waals surface area contributed by atoms with Crippen molar-refractivity contribution >= 4 is 44.3 Å². The van der Waals surface area contributed by atoms with Gasteiger partial charge in [0.2, 0.25) is 10.0 Å². The Labute approximate surface area is 194 Å². The van der Waals surface area contributed by atoms with Gasteiger partial charge in [-0.25, -0.2) is 23.5 Å². The third-order valence-electron chi connectivity index (χ3n) is 4.44. The van der Waals surface area contributed by atoms with Crippen molar-refractivity contribution < 1.29 is 22.7 Å². The third kappa shape index (κ3) is 5.20. The number of para-hydroxylation sites is 4. The van der Waals surface area contributed by atoms with Gasteiger partial charge in [0.25, 0.3) is 11.8 Å². The second-order valence-corrected chi connectivity index (χ2v) is 8.47. The Hall–Kier alpha value is -3.73. The van der Waals surface area contributed by atoms with Gasteiger partial charge in [0.05, 0.1) is 15.9 Å². The predicted octanol–water partition coefficient (Wildman–Crippen LogP) is 3.90. The van der Waals surface area contributed by atoms with E-state index < -0.39 is 15.9 Å². The number of benzene rings is 3. The lowest BCUT2D eigenvalue weighted by Crippen LogP contribution is -2.17. The Balaban J connectivity index is 1.74. The number of ether oxygens (including phenoxy) is 2. The van der Waals surface area contributed by atoms with Gasteiger partial charge >= 0.3 is 0 Å². The molecule has 168 valence electrons. The molecular formula is C22H17ClN4O5S. The SMILES string of the molecule is NS(=O)(=O)c1cccc(NC(=O)c2nc3ccccc3nc2Oc2ccccc2OCCl)c1. The molecule has 3 N–H and O–H groups in total. The number of hydrogen-bond donors (Lipinski definition) is 2. The molecule has 0 bridgehead atoms. The molecule has 4 aromatic rings. The number of carbonyl (C=O) groups is 1. The van der Waals surface area contributed by atoms with Gasteiger partial charge in [-0.05, 0) is 42.5 Å². The first-order chi connectivity index (χ1) is 15.8. The fourth-order valence-electron chi connectivity index (χ4n) is 2.96. The zero-order valence-electron chi connectivity index (χ0n) is 16.9. The number of aromatic nitrogens is 2. The van der Waals surface area contributed by atoms with Crippen LogP contribution in [0.4, 0.5) is 5.69 Å². The fraction of sp³-hybridized carbons (Fsp3) is 0.0455. The highest BCUT2D eigenvalue weighted by molar-refractivity contribution is 7.89. The summed E-state index contributed by atoms with van der Waals surface area (Å²) in [6, 6.07) is 19.2. The van der Waals surface area contributed by atoms with Crippen LogP contribution in [0.1, 0.15) is 10.5 Å². The zero-order valence-corrected chi connectivity index (χ0v) is 18.5. The molecule has 9 nitrogen and oxygen atoms in total. The Morgan fingerprint density at radius 2 is 1.61 bits per heavy atom. The number of hydrogen-bond acceptors (Lipinski definition) is 7. The number of halogens is 1. The number of nitrogens with two attached hydrogens (primary N) is 1. The molecule has 0 fully saturated rings. The van der Waals surface area contributed by atoms with Crippen molar-refractivity contribution in [1.82, 2.24) is 9.97 Å². The van der Waals surface area contributed by atoms with Crippen molar-refractivity contribution in [2.75, 3.05) is 11.4 Å². The average Bonchev–Trinajstić information content (AvgIpc) is 2.79. The van der Waals surface area contributed by atoms with E-state index in [1.807, 2.05) is 0 Å². The van der Waals surface area contributed by atoms with Gasteiger partial charge in [-0.15, -0.1) is 0 Å². The van der Waals surface area contributed by atoms with Crippen molar-refractivity contribution in [3.63, 3.8) is 0 Å². The number of alkyl halides is 1. The quantitative estimate of drug-likeness (QED) is 0.380. The molecule has 1 aromatic heterocycles. The lowest BCUT2D eigenvalue weighted by molar-refractivity contribution is 0.101. The van der Waals surface area contributed by atoms with Crippen LogP contribution in [0.5, 0.6) is 17.4 Å². The molecular weight excluding hydrogens is 468 g/mol. The molecule has 0 radical (unpaired) electrons. The molecule has 0 saturated heterocycles. The van der Waals surface area contributed by atoms with E-state index in [4.69, 9.17) is 26.2 Å². The molecule has 0 spiro atoms. The number of sulfonamides is 1. The van der Waals surface area contributed by atoms with Crippen molar-refractivity contribution in [3.8, 4) is 17.4 Å². The number of nitrogens with zero attached hydrogens (tertiary/aromatic N) is 2. The summed E-state index contributed by atoms with van der Waals surface area (Å²) < 4.78 is 34.5. The second kappa shape index (κ2) is 9.41. The van der Waals surface area contributed by atoms with E-state index >= 15 is 0 Å². The molecule has 4 rings (SSSR count). The van der Waals surface area contributed by atoms with Crippen molar-refractivity contribution in [2.24, 2.45) is 5.14 Å². The van der Waals surface area contributed by atoms with E-state index in [9.17, 15) is 13.2 Å². The highest BCUT2D eigenvalue weighted by Gasteiger charge is 2.21. The van der Waals surface area contributed by atoms with Gasteiger partial charge in [0.1, 0.15) is 0 Å². The van der Waals surface area contributed by atoms with E-state index in [1.54, 1.807) is 48.5 Å². The van der Waals surface area contributed by atoms with Gasteiger partial charge in [-0.2, -0.15) is 0 Å². The first-order valence-electron chi connectivity index (χ1n) is 9.52. The summed E-state index contributed by atoms with van der Waals surface area (Å²) in [7, 11) is -3.94. The fourth-order valence-corrected chi connectivity index (χ4v) is 3.64. The number of nitrogens with one attached hydrogen (secondary N) is 1. The van der Waals surface area contributed by atoms with Gasteiger partial charge < -0.3 is 14.8 Å². The highest BCUT2D eigenvalue weighted by atomic mass is 35.5. The number of rotatable bonds is 7. The van der Waals surface area contributed by atoms with Crippen molar-refractivity contribution in [3.05, 3.63) is 78.5 Å². The number of fused-ring (bicyclic) bond motifs is 1. The van der Waals surface area contributed by atoms with Crippen LogP contribution in [0.15, 0.2) is 77.7 Å². The van der Waals surface area contributed by atoms with Gasteiger partial charge in [0, 0.05) is 5.69 Å². The second-order valence-electron chi connectivity index (χ2n) is 6.70. The minimum Gasteiger partial charge on any atom is -0.474 e. The lowest BCUT2D eigenvalue weighted by atomic mass is 10.2. The largest absolute Gasteiger partial charge is 0.474 e. The first-order valence-corrected chi connectivity index (χ1v) is 11.6. The molecule has 0 aliphatic carbocycles. The topological polar surface area (TPSA) is 134 Å². The summed E-state index contributed by atoms with van der Waals surface area (Å²) >= 11 is 5.68. The summed E-state index contributed by atoms with van der Waals surface area (Å²) in [6.07, 6.45) is 0. The summed E-state index contributed by atoms with van der Waals surface area (Å²) in [5.41, 5.74) is 1.07. The van der Waals surface area contributed by atoms with Crippen molar-refractivity contribution in [2.45, 2.75) is 4.90 Å². The summed E-state index contributed by atoms with van der Waals surface area (Å²) in [5, 5.41) is 7.78. The standard InChI is InChI=1S/C22H17ClN4O5S/c23-13-31-18-10-3-4-11-19(18)32-22-20(26-16-8-1-2-9-17(16)27-22)21(28)25-14-6-5-7-15(12-14)33(24,29)30/h1-12H,13H2,(H,25,28)(H2,24,29,30). The number of primary sulfonamides is 1. The molecule has 1 amide bonds. The van der Waals surface area contributed by atoms with E-state index in [-0.39, 0.29) is 34.0 Å². The maximum Gasteiger partial charge on any atom is 0.279 e. The number of carbonyl (C=O) groups excluding carboxylic acids is 1. The maximum atomic E-state index is 13.1. The summed E-state index contributed by atoms with van der Waals surface area (Å²) in [5.74, 6) is -0.0901. The molecule has 33 heavy (non-hydrogen) atoms.